The van der Waals surface area contributed by atoms with Crippen LogP contribution in [0.2, 0.25) is 0 Å². The number of hydrogen-bond acceptors (Lipinski definition) is 3. The molecule has 0 aliphatic carbocycles. The van der Waals surface area contributed by atoms with Gasteiger partial charge in [-0.15, -0.1) is 0 Å². The normalized spacial score (nSPS) is 11.2. The second-order valence-corrected chi connectivity index (χ2v) is 4.95. The average Bonchev–Trinajstić information content (AvgIpc) is 2.24. The first-order valence-electron chi connectivity index (χ1n) is 6.29. The minimum Gasteiger partial charge on any atom is -0.302 e. The molecule has 0 aromatic carbocycles. The first kappa shape index (κ1) is 15.7. The van der Waals surface area contributed by atoms with E-state index in [-0.39, 0.29) is 0 Å². The van der Waals surface area contributed by atoms with Crippen molar-refractivity contribution in [3.8, 4) is 0 Å². The Bertz CT molecular complexity index is 114. The zero-order chi connectivity index (χ0) is 11.4. The van der Waals surface area contributed by atoms with Crippen LogP contribution < -0.4 is 0 Å². The molecular formula is C12H27NS2. The molecule has 0 aromatic rings. The Morgan fingerprint density at radius 1 is 0.733 bits per heavy atom. The quantitative estimate of drug-likeness (QED) is 0.419. The van der Waals surface area contributed by atoms with E-state index in [4.69, 9.17) is 0 Å². The lowest BCUT2D eigenvalue weighted by Crippen LogP contribution is -2.29. The van der Waals surface area contributed by atoms with Gasteiger partial charge in [0.15, 0.2) is 0 Å². The van der Waals surface area contributed by atoms with Crippen LogP contribution in [-0.4, -0.2) is 36.0 Å². The Labute approximate surface area is 107 Å². The van der Waals surface area contributed by atoms with Gasteiger partial charge in [-0.25, -0.2) is 0 Å². The van der Waals surface area contributed by atoms with Crippen molar-refractivity contribution in [3.63, 3.8) is 0 Å². The predicted octanol–water partition coefficient (Wildman–Crippen LogP) is 3.51. The van der Waals surface area contributed by atoms with E-state index in [1.165, 1.54) is 45.1 Å². The molecule has 0 fully saturated rings. The van der Waals surface area contributed by atoms with Gasteiger partial charge in [0.1, 0.15) is 0 Å². The third-order valence-electron chi connectivity index (χ3n) is 2.66. The highest BCUT2D eigenvalue weighted by Crippen LogP contribution is 2.06. The van der Waals surface area contributed by atoms with Crippen molar-refractivity contribution in [2.24, 2.45) is 0 Å². The third kappa shape index (κ3) is 10.9. The predicted molar refractivity (Wildman–Crippen MR) is 77.5 cm³/mol. The van der Waals surface area contributed by atoms with Crippen LogP contribution in [-0.2, 0) is 0 Å². The summed E-state index contributed by atoms with van der Waals surface area (Å²) >= 11 is 8.55. The molecule has 92 valence electrons. The summed E-state index contributed by atoms with van der Waals surface area (Å²) in [6.07, 6.45) is 8.28. The molecular weight excluding hydrogens is 222 g/mol. The van der Waals surface area contributed by atoms with Crippen LogP contribution in [0.25, 0.3) is 0 Å². The molecule has 0 aromatic heterocycles. The van der Waals surface area contributed by atoms with Crippen LogP contribution >= 0.6 is 25.3 Å². The van der Waals surface area contributed by atoms with Crippen molar-refractivity contribution in [1.29, 1.82) is 0 Å². The molecule has 0 radical (unpaired) electrons. The lowest BCUT2D eigenvalue weighted by molar-refractivity contribution is 0.300. The molecule has 0 aliphatic heterocycles. The van der Waals surface area contributed by atoms with Crippen molar-refractivity contribution < 1.29 is 0 Å². The van der Waals surface area contributed by atoms with Crippen molar-refractivity contribution in [2.45, 2.75) is 45.4 Å². The minimum absolute atomic E-state index is 0.962. The molecule has 0 bridgehead atoms. The largest absolute Gasteiger partial charge is 0.302 e. The summed E-state index contributed by atoms with van der Waals surface area (Å²) < 4.78 is 0. The summed E-state index contributed by atoms with van der Waals surface area (Å²) in [5.74, 6) is 1.92. The van der Waals surface area contributed by atoms with Crippen LogP contribution in [0.5, 0.6) is 0 Å². The van der Waals surface area contributed by atoms with Crippen LogP contribution in [0, 0.1) is 0 Å². The topological polar surface area (TPSA) is 3.24 Å². The van der Waals surface area contributed by atoms with Crippen molar-refractivity contribution in [2.75, 3.05) is 31.1 Å². The monoisotopic (exact) mass is 249 g/mol. The van der Waals surface area contributed by atoms with Gasteiger partial charge in [-0.1, -0.05) is 39.0 Å². The Morgan fingerprint density at radius 2 is 1.27 bits per heavy atom. The minimum atomic E-state index is 0.962. The fraction of sp³-hybridized carbons (Fsp3) is 1.00. The molecule has 0 heterocycles. The van der Waals surface area contributed by atoms with Gasteiger partial charge in [-0.2, -0.15) is 25.3 Å². The van der Waals surface area contributed by atoms with E-state index in [0.29, 0.717) is 0 Å². The lowest BCUT2D eigenvalue weighted by Gasteiger charge is -2.20. The van der Waals surface area contributed by atoms with E-state index in [0.717, 1.165) is 24.6 Å². The molecule has 0 unspecified atom stereocenters. The molecule has 0 rings (SSSR count). The van der Waals surface area contributed by atoms with Gasteiger partial charge in [0.05, 0.1) is 0 Å². The summed E-state index contributed by atoms with van der Waals surface area (Å²) in [6, 6.07) is 0. The van der Waals surface area contributed by atoms with Crippen LogP contribution in [0.4, 0.5) is 0 Å². The van der Waals surface area contributed by atoms with Crippen LogP contribution in [0.1, 0.15) is 45.4 Å². The maximum atomic E-state index is 4.28. The van der Waals surface area contributed by atoms with E-state index in [1.54, 1.807) is 0 Å². The average molecular weight is 249 g/mol. The van der Waals surface area contributed by atoms with Gasteiger partial charge in [0.25, 0.3) is 0 Å². The number of hydrogen-bond donors (Lipinski definition) is 2. The number of nitrogens with zero attached hydrogens (tertiary/aromatic N) is 1. The summed E-state index contributed by atoms with van der Waals surface area (Å²) in [4.78, 5) is 2.47. The van der Waals surface area contributed by atoms with Gasteiger partial charge in [-0.3, -0.25) is 0 Å². The molecule has 0 N–H and O–H groups in total. The third-order valence-corrected chi connectivity index (χ3v) is 3.06. The molecule has 0 saturated heterocycles. The van der Waals surface area contributed by atoms with Crippen molar-refractivity contribution in [1.82, 2.24) is 4.90 Å². The second-order valence-electron chi connectivity index (χ2n) is 4.06. The second kappa shape index (κ2) is 12.7. The van der Waals surface area contributed by atoms with Gasteiger partial charge in [-0.05, 0) is 13.0 Å². The smallest absolute Gasteiger partial charge is 0.00702 e. The molecule has 0 atom stereocenters. The van der Waals surface area contributed by atoms with Gasteiger partial charge in [0.2, 0.25) is 0 Å². The van der Waals surface area contributed by atoms with E-state index in [9.17, 15) is 0 Å². The summed E-state index contributed by atoms with van der Waals surface area (Å²) in [6.45, 7) is 5.71. The fourth-order valence-corrected chi connectivity index (χ4v) is 2.30. The zero-order valence-electron chi connectivity index (χ0n) is 10.1. The zero-order valence-corrected chi connectivity index (χ0v) is 11.9. The van der Waals surface area contributed by atoms with E-state index < -0.39 is 0 Å². The Hall–Kier alpha value is 0.660. The Kier molecular flexibility index (Phi) is 13.3. The fourth-order valence-electron chi connectivity index (χ4n) is 1.73. The van der Waals surface area contributed by atoms with Crippen molar-refractivity contribution >= 4 is 25.3 Å². The molecule has 0 aliphatic rings. The lowest BCUT2D eigenvalue weighted by atomic mass is 10.1. The molecule has 3 heteroatoms. The van der Waals surface area contributed by atoms with Crippen molar-refractivity contribution in [3.05, 3.63) is 0 Å². The van der Waals surface area contributed by atoms with E-state index >= 15 is 0 Å². The number of thiol groups is 2. The van der Waals surface area contributed by atoms with Gasteiger partial charge < -0.3 is 4.90 Å². The maximum absolute atomic E-state index is 4.28. The molecule has 1 nitrogen and oxygen atoms in total. The van der Waals surface area contributed by atoms with Crippen LogP contribution in [0.15, 0.2) is 0 Å². The van der Waals surface area contributed by atoms with E-state index in [1.807, 2.05) is 0 Å². The number of unbranched alkanes of at least 4 members (excludes halogenated alkanes) is 5. The standard InChI is InChI=1S/C12H27NS2/c1-2-3-4-5-6-7-8-13(9-11-14)10-12-15/h14-15H,2-12H2,1H3. The molecule has 0 amide bonds. The highest BCUT2D eigenvalue weighted by atomic mass is 32.1. The van der Waals surface area contributed by atoms with Gasteiger partial charge >= 0.3 is 0 Å². The highest BCUT2D eigenvalue weighted by Gasteiger charge is 2.01. The van der Waals surface area contributed by atoms with Crippen LogP contribution in [0.3, 0.4) is 0 Å². The Balaban J connectivity index is 3.28. The first-order chi connectivity index (χ1) is 7.35. The first-order valence-corrected chi connectivity index (χ1v) is 7.55. The summed E-state index contributed by atoms with van der Waals surface area (Å²) in [7, 11) is 0. The summed E-state index contributed by atoms with van der Waals surface area (Å²) in [5.41, 5.74) is 0. The Morgan fingerprint density at radius 3 is 1.80 bits per heavy atom. The highest BCUT2D eigenvalue weighted by molar-refractivity contribution is 7.80. The summed E-state index contributed by atoms with van der Waals surface area (Å²) in [5, 5.41) is 0. The molecule has 0 saturated carbocycles. The van der Waals surface area contributed by atoms with E-state index in [2.05, 4.69) is 37.1 Å². The maximum Gasteiger partial charge on any atom is 0.00702 e. The molecule has 0 spiro atoms. The molecule has 15 heavy (non-hydrogen) atoms. The number of rotatable bonds is 11. The van der Waals surface area contributed by atoms with Gasteiger partial charge in [0, 0.05) is 24.6 Å². The SMILES string of the molecule is CCCCCCCCN(CCS)CCS.